The van der Waals surface area contributed by atoms with Gasteiger partial charge in [-0.25, -0.2) is 12.8 Å². The van der Waals surface area contributed by atoms with Crippen molar-refractivity contribution in [3.8, 4) is 0 Å². The molecule has 1 aliphatic rings. The van der Waals surface area contributed by atoms with E-state index >= 15 is 0 Å². The van der Waals surface area contributed by atoms with Crippen molar-refractivity contribution < 1.29 is 17.6 Å². The van der Waals surface area contributed by atoms with Crippen LogP contribution in [0.3, 0.4) is 0 Å². The van der Waals surface area contributed by atoms with E-state index in [1.807, 2.05) is 6.92 Å². The zero-order valence-corrected chi connectivity index (χ0v) is 19.9. The summed E-state index contributed by atoms with van der Waals surface area (Å²) in [5, 5.41) is 4.94. The highest BCUT2D eigenvalue weighted by atomic mass is 35.5. The first kappa shape index (κ1) is 24.4. The van der Waals surface area contributed by atoms with Crippen molar-refractivity contribution in [2.75, 3.05) is 26.2 Å². The number of halogens is 2. The summed E-state index contributed by atoms with van der Waals surface area (Å²) < 4.78 is 41.9. The van der Waals surface area contributed by atoms with Gasteiger partial charge in [-0.1, -0.05) is 24.9 Å². The van der Waals surface area contributed by atoms with E-state index in [1.54, 1.807) is 15.7 Å². The van der Waals surface area contributed by atoms with Gasteiger partial charge in [-0.3, -0.25) is 9.48 Å². The average molecular weight is 483 g/mol. The molecule has 1 aromatic heterocycles. The second kappa shape index (κ2) is 10.6. The van der Waals surface area contributed by atoms with Gasteiger partial charge in [-0.2, -0.15) is 9.40 Å². The lowest BCUT2D eigenvalue weighted by molar-refractivity contribution is -0.125. The number of carbonyl (C=O) groups excluding carboxylic acids is 1. The minimum Gasteiger partial charge on any atom is -0.338 e. The first-order valence-electron chi connectivity index (χ1n) is 10.7. The molecule has 1 amide bonds. The standard InChI is InChI=1S/C22H28ClFN4O3S/c1-3-4-14-28-22(23)20(17(2)25-28)10-11-21(29)26-12-5-13-27(16-15-26)32(30,31)19-8-6-18(24)7-9-19/h6-11H,3-5,12-16H2,1-2H3/b11-10+. The van der Waals surface area contributed by atoms with Gasteiger partial charge >= 0.3 is 0 Å². The van der Waals surface area contributed by atoms with Crippen LogP contribution in [-0.4, -0.2) is 59.5 Å². The van der Waals surface area contributed by atoms with Crippen molar-refractivity contribution >= 4 is 33.6 Å². The van der Waals surface area contributed by atoms with Gasteiger partial charge < -0.3 is 4.90 Å². The molecule has 2 aromatic rings. The molecule has 1 aliphatic heterocycles. The van der Waals surface area contributed by atoms with Crippen LogP contribution < -0.4 is 0 Å². The Morgan fingerprint density at radius 1 is 1.19 bits per heavy atom. The topological polar surface area (TPSA) is 75.5 Å². The molecule has 0 atom stereocenters. The molecular weight excluding hydrogens is 455 g/mol. The molecule has 1 aromatic carbocycles. The number of aromatic nitrogens is 2. The Morgan fingerprint density at radius 2 is 1.91 bits per heavy atom. The van der Waals surface area contributed by atoms with Crippen LogP contribution in [0.2, 0.25) is 5.15 Å². The Labute approximate surface area is 193 Å². The molecule has 10 heteroatoms. The molecule has 0 N–H and O–H groups in total. The second-order valence-electron chi connectivity index (χ2n) is 7.74. The Balaban J connectivity index is 1.66. The van der Waals surface area contributed by atoms with Crippen LogP contribution in [0.1, 0.15) is 37.4 Å². The van der Waals surface area contributed by atoms with Crippen molar-refractivity contribution in [3.63, 3.8) is 0 Å². The number of amides is 1. The highest BCUT2D eigenvalue weighted by Gasteiger charge is 2.28. The second-order valence-corrected chi connectivity index (χ2v) is 10.0. The Bertz CT molecular complexity index is 1080. The molecule has 3 rings (SSSR count). The molecule has 0 aliphatic carbocycles. The summed E-state index contributed by atoms with van der Waals surface area (Å²) in [6.07, 6.45) is 5.64. The summed E-state index contributed by atoms with van der Waals surface area (Å²) in [5.41, 5.74) is 1.47. The van der Waals surface area contributed by atoms with E-state index < -0.39 is 15.8 Å². The maximum absolute atomic E-state index is 13.2. The zero-order chi connectivity index (χ0) is 23.3. The SMILES string of the molecule is CCCCn1nc(C)c(/C=C/C(=O)N2CCCN(S(=O)(=O)c3ccc(F)cc3)CC2)c1Cl. The minimum atomic E-state index is -3.74. The number of aryl methyl sites for hydroxylation is 2. The molecule has 0 bridgehead atoms. The quantitative estimate of drug-likeness (QED) is 0.563. The lowest BCUT2D eigenvalue weighted by atomic mass is 10.2. The van der Waals surface area contributed by atoms with E-state index in [0.717, 1.165) is 37.2 Å². The summed E-state index contributed by atoms with van der Waals surface area (Å²) in [7, 11) is -3.74. The van der Waals surface area contributed by atoms with Crippen LogP contribution in [0.4, 0.5) is 4.39 Å². The maximum Gasteiger partial charge on any atom is 0.246 e. The van der Waals surface area contributed by atoms with E-state index in [4.69, 9.17) is 11.6 Å². The molecule has 7 nitrogen and oxygen atoms in total. The number of hydrogen-bond donors (Lipinski definition) is 0. The van der Waals surface area contributed by atoms with Gasteiger partial charge in [-0.05, 0) is 50.1 Å². The Morgan fingerprint density at radius 3 is 2.59 bits per heavy atom. The van der Waals surface area contributed by atoms with E-state index in [1.165, 1.54) is 22.5 Å². The van der Waals surface area contributed by atoms with Crippen LogP contribution in [0.15, 0.2) is 35.2 Å². The molecule has 2 heterocycles. The number of nitrogens with zero attached hydrogens (tertiary/aromatic N) is 4. The van der Waals surface area contributed by atoms with Gasteiger partial charge in [0.05, 0.1) is 10.6 Å². The molecule has 1 fully saturated rings. The van der Waals surface area contributed by atoms with Crippen molar-refractivity contribution in [1.82, 2.24) is 19.0 Å². The predicted molar refractivity (Wildman–Crippen MR) is 122 cm³/mol. The lowest BCUT2D eigenvalue weighted by Crippen LogP contribution is -2.36. The van der Waals surface area contributed by atoms with Gasteiger partial charge in [0.1, 0.15) is 11.0 Å². The van der Waals surface area contributed by atoms with Crippen LogP contribution in [0, 0.1) is 12.7 Å². The third-order valence-electron chi connectivity index (χ3n) is 5.44. The molecule has 0 saturated carbocycles. The predicted octanol–water partition coefficient (Wildman–Crippen LogP) is 3.72. The highest BCUT2D eigenvalue weighted by Crippen LogP contribution is 2.22. The molecular formula is C22H28ClFN4O3S. The van der Waals surface area contributed by atoms with Crippen molar-refractivity contribution in [2.24, 2.45) is 0 Å². The first-order valence-corrected chi connectivity index (χ1v) is 12.5. The van der Waals surface area contributed by atoms with E-state index in [2.05, 4.69) is 12.0 Å². The largest absolute Gasteiger partial charge is 0.338 e. The average Bonchev–Trinajstić information content (AvgIpc) is 2.93. The van der Waals surface area contributed by atoms with E-state index in [9.17, 15) is 17.6 Å². The van der Waals surface area contributed by atoms with Gasteiger partial charge in [0.25, 0.3) is 0 Å². The number of benzene rings is 1. The van der Waals surface area contributed by atoms with E-state index in [0.29, 0.717) is 30.2 Å². The van der Waals surface area contributed by atoms with Crippen LogP contribution in [-0.2, 0) is 21.4 Å². The number of carbonyl (C=O) groups is 1. The van der Waals surface area contributed by atoms with E-state index in [-0.39, 0.29) is 23.9 Å². The van der Waals surface area contributed by atoms with Crippen LogP contribution >= 0.6 is 11.6 Å². The smallest absolute Gasteiger partial charge is 0.246 e. The molecule has 0 spiro atoms. The Hall–Kier alpha value is -2.23. The minimum absolute atomic E-state index is 0.0452. The molecule has 0 unspecified atom stereocenters. The van der Waals surface area contributed by atoms with Gasteiger partial charge in [0, 0.05) is 44.4 Å². The normalized spacial score (nSPS) is 15.9. The fraction of sp³-hybridized carbons (Fsp3) is 0.455. The zero-order valence-electron chi connectivity index (χ0n) is 18.3. The summed E-state index contributed by atoms with van der Waals surface area (Å²) >= 11 is 6.43. The van der Waals surface area contributed by atoms with Crippen molar-refractivity contribution in [1.29, 1.82) is 0 Å². The summed E-state index contributed by atoms with van der Waals surface area (Å²) in [6.45, 7) is 5.85. The monoisotopic (exact) mass is 482 g/mol. The number of unbranched alkanes of at least 4 members (excludes halogenated alkanes) is 1. The first-order chi connectivity index (χ1) is 15.2. The van der Waals surface area contributed by atoms with Gasteiger partial charge in [0.2, 0.25) is 15.9 Å². The van der Waals surface area contributed by atoms with Crippen LogP contribution in [0.25, 0.3) is 6.08 Å². The fourth-order valence-electron chi connectivity index (χ4n) is 3.58. The summed E-state index contributed by atoms with van der Waals surface area (Å²) in [6, 6.07) is 4.77. The fourth-order valence-corrected chi connectivity index (χ4v) is 5.37. The summed E-state index contributed by atoms with van der Waals surface area (Å²) in [4.78, 5) is 14.4. The molecule has 32 heavy (non-hydrogen) atoms. The molecule has 0 radical (unpaired) electrons. The Kier molecular flexibility index (Phi) is 8.08. The van der Waals surface area contributed by atoms with Gasteiger partial charge in [-0.15, -0.1) is 0 Å². The third kappa shape index (κ3) is 5.57. The van der Waals surface area contributed by atoms with Crippen molar-refractivity contribution in [2.45, 2.75) is 44.6 Å². The van der Waals surface area contributed by atoms with Crippen LogP contribution in [0.5, 0.6) is 0 Å². The number of rotatable bonds is 7. The lowest BCUT2D eigenvalue weighted by Gasteiger charge is -2.21. The van der Waals surface area contributed by atoms with Crippen molar-refractivity contribution in [3.05, 3.63) is 52.6 Å². The number of sulfonamides is 1. The maximum atomic E-state index is 13.2. The molecule has 174 valence electrons. The highest BCUT2D eigenvalue weighted by molar-refractivity contribution is 7.89. The number of hydrogen-bond acceptors (Lipinski definition) is 4. The molecule has 1 saturated heterocycles. The van der Waals surface area contributed by atoms with Gasteiger partial charge in [0.15, 0.2) is 0 Å². The summed E-state index contributed by atoms with van der Waals surface area (Å²) in [5.74, 6) is -0.697. The third-order valence-corrected chi connectivity index (χ3v) is 7.75.